The first kappa shape index (κ1) is 20.0. The fraction of sp³-hybridized carbons (Fsp3) is 0.182. The van der Waals surface area contributed by atoms with Crippen LogP contribution in [-0.2, 0) is 11.2 Å². The van der Waals surface area contributed by atoms with Crippen LogP contribution in [0.3, 0.4) is 0 Å². The van der Waals surface area contributed by atoms with Crippen molar-refractivity contribution in [3.8, 4) is 11.3 Å². The third-order valence-corrected chi connectivity index (χ3v) is 4.55. The maximum Gasteiger partial charge on any atom is 0.273 e. The molecule has 0 bridgehead atoms. The fourth-order valence-electron chi connectivity index (χ4n) is 2.96. The predicted molar refractivity (Wildman–Crippen MR) is 111 cm³/mol. The molecule has 0 unspecified atom stereocenters. The van der Waals surface area contributed by atoms with Gasteiger partial charge in [0.05, 0.1) is 17.6 Å². The SMILES string of the molecule is Cc1ccc(CC(=O)N/N=C/c2ccc(-c3ccc(C)c([N+](=O)[O-])c3)o2)c(C)c1. The summed E-state index contributed by atoms with van der Waals surface area (Å²) in [6, 6.07) is 14.2. The molecule has 7 nitrogen and oxygen atoms in total. The normalized spacial score (nSPS) is 11.0. The lowest BCUT2D eigenvalue weighted by Gasteiger charge is -2.05. The van der Waals surface area contributed by atoms with E-state index in [-0.39, 0.29) is 18.0 Å². The average molecular weight is 391 g/mol. The van der Waals surface area contributed by atoms with Gasteiger partial charge in [-0.1, -0.05) is 35.9 Å². The zero-order valence-electron chi connectivity index (χ0n) is 16.4. The summed E-state index contributed by atoms with van der Waals surface area (Å²) < 4.78 is 5.65. The van der Waals surface area contributed by atoms with E-state index in [4.69, 9.17) is 4.42 Å². The molecule has 3 aromatic rings. The Balaban J connectivity index is 1.64. The molecule has 0 fully saturated rings. The summed E-state index contributed by atoms with van der Waals surface area (Å²) in [4.78, 5) is 22.8. The molecule has 3 rings (SSSR count). The molecule has 0 saturated carbocycles. The molecule has 0 atom stereocenters. The molecule has 0 radical (unpaired) electrons. The Kier molecular flexibility index (Phi) is 5.87. The smallest absolute Gasteiger partial charge is 0.273 e. The third kappa shape index (κ3) is 4.95. The monoisotopic (exact) mass is 391 g/mol. The number of rotatable bonds is 6. The van der Waals surface area contributed by atoms with Gasteiger partial charge in [0, 0.05) is 17.2 Å². The average Bonchev–Trinajstić information content (AvgIpc) is 3.13. The molecular weight excluding hydrogens is 370 g/mol. The van der Waals surface area contributed by atoms with Crippen molar-refractivity contribution in [2.45, 2.75) is 27.2 Å². The number of nitro groups is 1. The quantitative estimate of drug-likeness (QED) is 0.381. The summed E-state index contributed by atoms with van der Waals surface area (Å²) in [5, 5.41) is 15.0. The van der Waals surface area contributed by atoms with Crippen LogP contribution >= 0.6 is 0 Å². The second-order valence-electron chi connectivity index (χ2n) is 6.86. The highest BCUT2D eigenvalue weighted by molar-refractivity contribution is 5.82. The number of nitrogens with one attached hydrogen (secondary N) is 1. The number of benzene rings is 2. The van der Waals surface area contributed by atoms with Crippen molar-refractivity contribution in [1.29, 1.82) is 0 Å². The van der Waals surface area contributed by atoms with Crippen LogP contribution in [0, 0.1) is 30.9 Å². The Labute approximate surface area is 168 Å². The second kappa shape index (κ2) is 8.52. The molecule has 7 heteroatoms. The largest absolute Gasteiger partial charge is 0.455 e. The zero-order chi connectivity index (χ0) is 21.0. The Morgan fingerprint density at radius 1 is 1.10 bits per heavy atom. The minimum atomic E-state index is -0.421. The summed E-state index contributed by atoms with van der Waals surface area (Å²) in [5.74, 6) is 0.681. The van der Waals surface area contributed by atoms with Crippen molar-refractivity contribution in [2.24, 2.45) is 5.10 Å². The lowest BCUT2D eigenvalue weighted by atomic mass is 10.0. The highest BCUT2D eigenvalue weighted by Crippen LogP contribution is 2.27. The summed E-state index contributed by atoms with van der Waals surface area (Å²) in [6.45, 7) is 5.66. The van der Waals surface area contributed by atoms with Gasteiger partial charge in [-0.3, -0.25) is 14.9 Å². The van der Waals surface area contributed by atoms with Crippen LogP contribution in [0.5, 0.6) is 0 Å². The Morgan fingerprint density at radius 3 is 2.62 bits per heavy atom. The van der Waals surface area contributed by atoms with E-state index in [1.807, 2.05) is 32.0 Å². The van der Waals surface area contributed by atoms with Crippen LogP contribution in [0.1, 0.15) is 28.0 Å². The highest BCUT2D eigenvalue weighted by atomic mass is 16.6. The van der Waals surface area contributed by atoms with E-state index in [0.29, 0.717) is 22.6 Å². The number of hydrogen-bond acceptors (Lipinski definition) is 5. The van der Waals surface area contributed by atoms with Gasteiger partial charge >= 0.3 is 0 Å². The van der Waals surface area contributed by atoms with Gasteiger partial charge in [0.25, 0.3) is 5.69 Å². The van der Waals surface area contributed by atoms with Crippen molar-refractivity contribution in [2.75, 3.05) is 0 Å². The molecule has 1 amide bonds. The number of aryl methyl sites for hydroxylation is 3. The summed E-state index contributed by atoms with van der Waals surface area (Å²) >= 11 is 0. The van der Waals surface area contributed by atoms with E-state index < -0.39 is 4.92 Å². The number of nitrogens with zero attached hydrogens (tertiary/aromatic N) is 2. The van der Waals surface area contributed by atoms with E-state index in [0.717, 1.165) is 16.7 Å². The summed E-state index contributed by atoms with van der Waals surface area (Å²) in [6.07, 6.45) is 1.63. The molecule has 1 aromatic heterocycles. The van der Waals surface area contributed by atoms with Crippen molar-refractivity contribution in [1.82, 2.24) is 5.43 Å². The van der Waals surface area contributed by atoms with Gasteiger partial charge in [-0.05, 0) is 44.0 Å². The lowest BCUT2D eigenvalue weighted by Crippen LogP contribution is -2.20. The van der Waals surface area contributed by atoms with Gasteiger partial charge < -0.3 is 4.42 Å². The first-order chi connectivity index (χ1) is 13.8. The molecule has 0 aliphatic rings. The Bertz CT molecular complexity index is 1100. The summed E-state index contributed by atoms with van der Waals surface area (Å²) in [5.41, 5.74) is 6.86. The van der Waals surface area contributed by atoms with E-state index >= 15 is 0 Å². The van der Waals surface area contributed by atoms with Gasteiger partial charge in [-0.2, -0.15) is 5.10 Å². The molecule has 148 valence electrons. The maximum atomic E-state index is 12.1. The third-order valence-electron chi connectivity index (χ3n) is 4.55. The predicted octanol–water partition coefficient (Wildman–Crippen LogP) is 4.47. The van der Waals surface area contributed by atoms with Crippen LogP contribution in [0.2, 0.25) is 0 Å². The highest BCUT2D eigenvalue weighted by Gasteiger charge is 2.13. The van der Waals surface area contributed by atoms with Crippen molar-refractivity contribution >= 4 is 17.8 Å². The van der Waals surface area contributed by atoms with Gasteiger partial charge in [0.2, 0.25) is 5.91 Å². The lowest BCUT2D eigenvalue weighted by molar-refractivity contribution is -0.385. The number of hydrogen-bond donors (Lipinski definition) is 1. The van der Waals surface area contributed by atoms with Crippen LogP contribution < -0.4 is 5.43 Å². The topological polar surface area (TPSA) is 97.7 Å². The van der Waals surface area contributed by atoms with Gasteiger partial charge in [0.15, 0.2) is 0 Å². The van der Waals surface area contributed by atoms with Gasteiger partial charge in [-0.15, -0.1) is 0 Å². The minimum absolute atomic E-state index is 0.0350. The Hall–Kier alpha value is -3.74. The number of amides is 1. The zero-order valence-corrected chi connectivity index (χ0v) is 16.4. The van der Waals surface area contributed by atoms with Crippen molar-refractivity contribution in [3.63, 3.8) is 0 Å². The first-order valence-electron chi connectivity index (χ1n) is 9.07. The molecule has 2 aromatic carbocycles. The molecule has 0 spiro atoms. The number of carbonyl (C=O) groups excluding carboxylic acids is 1. The minimum Gasteiger partial charge on any atom is -0.455 e. The first-order valence-corrected chi connectivity index (χ1v) is 9.07. The second-order valence-corrected chi connectivity index (χ2v) is 6.86. The van der Waals surface area contributed by atoms with E-state index in [1.165, 1.54) is 12.3 Å². The van der Waals surface area contributed by atoms with E-state index in [2.05, 4.69) is 10.5 Å². The number of furan rings is 1. The van der Waals surface area contributed by atoms with Crippen molar-refractivity contribution in [3.05, 3.63) is 86.7 Å². The van der Waals surface area contributed by atoms with E-state index in [9.17, 15) is 14.9 Å². The molecule has 1 N–H and O–H groups in total. The van der Waals surface area contributed by atoms with E-state index in [1.54, 1.807) is 31.2 Å². The number of carbonyl (C=O) groups is 1. The molecule has 0 saturated heterocycles. The fourth-order valence-corrected chi connectivity index (χ4v) is 2.96. The summed E-state index contributed by atoms with van der Waals surface area (Å²) in [7, 11) is 0. The Morgan fingerprint density at radius 2 is 1.90 bits per heavy atom. The molecule has 0 aliphatic carbocycles. The standard InChI is InChI=1S/C22H21N3O4/c1-14-4-6-17(16(3)10-14)12-22(26)24-23-13-19-8-9-21(29-19)18-7-5-15(2)20(11-18)25(27)28/h4-11,13H,12H2,1-3H3,(H,24,26)/b23-13+. The van der Waals surface area contributed by atoms with Crippen LogP contribution in [0.4, 0.5) is 5.69 Å². The van der Waals surface area contributed by atoms with Crippen molar-refractivity contribution < 1.29 is 14.1 Å². The molecule has 0 aliphatic heterocycles. The van der Waals surface area contributed by atoms with Gasteiger partial charge in [-0.25, -0.2) is 5.43 Å². The van der Waals surface area contributed by atoms with Crippen LogP contribution in [0.25, 0.3) is 11.3 Å². The number of nitro benzene ring substituents is 1. The molecule has 29 heavy (non-hydrogen) atoms. The van der Waals surface area contributed by atoms with Gasteiger partial charge in [0.1, 0.15) is 11.5 Å². The van der Waals surface area contributed by atoms with Crippen LogP contribution in [0.15, 0.2) is 58.0 Å². The van der Waals surface area contributed by atoms with Crippen LogP contribution in [-0.4, -0.2) is 17.0 Å². The molecule has 1 heterocycles. The molecular formula is C22H21N3O4. The maximum absolute atomic E-state index is 12.1. The number of hydrazone groups is 1.